The van der Waals surface area contributed by atoms with Crippen LogP contribution in [-0.2, 0) is 19.6 Å². The Morgan fingerprint density at radius 3 is 2.60 bits per heavy atom. The average Bonchev–Trinajstić information content (AvgIpc) is 2.18. The van der Waals surface area contributed by atoms with Crippen molar-refractivity contribution in [2.45, 2.75) is 19.4 Å². The molecular formula is C9H12ClO4P. The Morgan fingerprint density at radius 1 is 1.47 bits per heavy atom. The highest BCUT2D eigenvalue weighted by Gasteiger charge is 2.24. The van der Waals surface area contributed by atoms with Gasteiger partial charge in [-0.15, -0.1) is 0 Å². The van der Waals surface area contributed by atoms with Crippen molar-refractivity contribution in [2.24, 2.45) is 0 Å². The van der Waals surface area contributed by atoms with Crippen molar-refractivity contribution in [1.82, 2.24) is 0 Å². The molecule has 84 valence electrons. The van der Waals surface area contributed by atoms with E-state index in [0.717, 1.165) is 5.56 Å². The Hall–Kier alpha value is -0.380. The highest BCUT2D eigenvalue weighted by molar-refractivity contribution is 7.48. The van der Waals surface area contributed by atoms with Gasteiger partial charge in [0, 0.05) is 0 Å². The number of rotatable bonds is 5. The molecule has 0 saturated heterocycles. The number of halogens is 1. The second kappa shape index (κ2) is 5.64. The minimum absolute atomic E-state index is 0.443. The van der Waals surface area contributed by atoms with Gasteiger partial charge in [0.15, 0.2) is 0 Å². The first kappa shape index (κ1) is 12.7. The van der Waals surface area contributed by atoms with Gasteiger partial charge in [0.25, 0.3) is 0 Å². The van der Waals surface area contributed by atoms with E-state index in [1.165, 1.54) is 0 Å². The summed E-state index contributed by atoms with van der Waals surface area (Å²) in [6.45, 7) is 1.67. The predicted octanol–water partition coefficient (Wildman–Crippen LogP) is 2.91. The van der Waals surface area contributed by atoms with E-state index in [4.69, 9.17) is 21.3 Å². The van der Waals surface area contributed by atoms with Crippen LogP contribution in [-0.4, -0.2) is 11.0 Å². The highest BCUT2D eigenvalue weighted by atomic mass is 35.5. The summed E-state index contributed by atoms with van der Waals surface area (Å²) in [5.74, 6) is 0. The lowest BCUT2D eigenvalue weighted by molar-refractivity contribution is 0.153. The van der Waals surface area contributed by atoms with Gasteiger partial charge in [0.2, 0.25) is 0 Å². The van der Waals surface area contributed by atoms with Crippen LogP contribution < -0.4 is 0 Å². The van der Waals surface area contributed by atoms with Gasteiger partial charge in [-0.2, -0.15) is 4.08 Å². The molecule has 0 aliphatic rings. The van der Waals surface area contributed by atoms with Gasteiger partial charge in [-0.05, 0) is 18.9 Å². The Kier molecular flexibility index (Phi) is 4.77. The van der Waals surface area contributed by atoms with Crippen LogP contribution in [0.15, 0.2) is 30.3 Å². The third-order valence-electron chi connectivity index (χ3n) is 1.77. The molecule has 2 unspecified atom stereocenters. The lowest BCUT2D eigenvalue weighted by Gasteiger charge is -2.14. The van der Waals surface area contributed by atoms with Crippen LogP contribution in [0, 0.1) is 0 Å². The van der Waals surface area contributed by atoms with Gasteiger partial charge in [0.05, 0.1) is 18.0 Å². The van der Waals surface area contributed by atoms with Crippen molar-refractivity contribution >= 4 is 19.7 Å². The molecule has 4 nitrogen and oxygen atoms in total. The molecule has 0 bridgehead atoms. The largest absolute Gasteiger partial charge is 0.489 e. The molecule has 0 heterocycles. The van der Waals surface area contributed by atoms with Crippen LogP contribution in [0.2, 0.25) is 0 Å². The van der Waals surface area contributed by atoms with Crippen LogP contribution in [0.3, 0.4) is 0 Å². The van der Waals surface area contributed by atoms with Crippen molar-refractivity contribution in [1.29, 1.82) is 0 Å². The molecule has 0 amide bonds. The summed E-state index contributed by atoms with van der Waals surface area (Å²) >= 11 is 4.80. The number of phosphoric acid groups is 1. The van der Waals surface area contributed by atoms with Gasteiger partial charge < -0.3 is 4.89 Å². The molecule has 0 saturated carbocycles. The first-order valence-electron chi connectivity index (χ1n) is 4.39. The number of phosphoric ester groups is 1. The van der Waals surface area contributed by atoms with E-state index in [2.05, 4.69) is 4.08 Å². The summed E-state index contributed by atoms with van der Waals surface area (Å²) in [4.78, 5) is 8.95. The van der Waals surface area contributed by atoms with Crippen LogP contribution in [0.1, 0.15) is 12.5 Å². The monoisotopic (exact) mass is 250 g/mol. The van der Waals surface area contributed by atoms with Crippen LogP contribution in [0.4, 0.5) is 0 Å². The maximum Gasteiger partial charge on any atom is 0.489 e. The molecule has 1 rings (SSSR count). The maximum absolute atomic E-state index is 11.0. The van der Waals surface area contributed by atoms with E-state index < -0.39 is 13.9 Å². The van der Waals surface area contributed by atoms with Gasteiger partial charge in [0.1, 0.15) is 0 Å². The van der Waals surface area contributed by atoms with Crippen LogP contribution in [0.5, 0.6) is 0 Å². The molecule has 15 heavy (non-hydrogen) atoms. The molecule has 0 aliphatic carbocycles. The lowest BCUT2D eigenvalue weighted by Crippen LogP contribution is -2.10. The number of hydrogen-bond donors (Lipinski definition) is 1. The summed E-state index contributed by atoms with van der Waals surface area (Å²) < 4.78 is 19.5. The summed E-state index contributed by atoms with van der Waals surface area (Å²) in [6.07, 6.45) is 0.0769. The minimum Gasteiger partial charge on any atom is -0.302 e. The maximum atomic E-state index is 11.0. The quantitative estimate of drug-likeness (QED) is 0.817. The number of hydrogen-bond acceptors (Lipinski definition) is 3. The molecule has 0 radical (unpaired) electrons. The first-order chi connectivity index (χ1) is 7.03. The van der Waals surface area contributed by atoms with Crippen molar-refractivity contribution in [3.05, 3.63) is 35.9 Å². The Labute approximate surface area is 93.6 Å². The van der Waals surface area contributed by atoms with Crippen LogP contribution in [0.25, 0.3) is 0 Å². The summed E-state index contributed by atoms with van der Waals surface area (Å²) in [5, 5.41) is 0. The van der Waals surface area contributed by atoms with Gasteiger partial charge in [-0.1, -0.05) is 30.3 Å². The van der Waals surface area contributed by atoms with Crippen molar-refractivity contribution in [3.8, 4) is 0 Å². The topological polar surface area (TPSA) is 55.8 Å². The molecule has 0 aromatic heterocycles. The van der Waals surface area contributed by atoms with E-state index in [1.807, 2.05) is 30.3 Å². The molecule has 0 aliphatic heterocycles. The van der Waals surface area contributed by atoms with Gasteiger partial charge in [-0.3, -0.25) is 4.52 Å². The fourth-order valence-electron chi connectivity index (χ4n) is 1.23. The first-order valence-corrected chi connectivity index (χ1v) is 6.19. The fourth-order valence-corrected chi connectivity index (χ4v) is 1.89. The highest BCUT2D eigenvalue weighted by Crippen LogP contribution is 2.46. The Balaban J connectivity index is 2.50. The van der Waals surface area contributed by atoms with Crippen molar-refractivity contribution < 1.29 is 18.1 Å². The lowest BCUT2D eigenvalue weighted by atomic mass is 10.1. The van der Waals surface area contributed by atoms with E-state index in [9.17, 15) is 4.57 Å². The molecule has 0 spiro atoms. The number of benzene rings is 1. The molecule has 0 fully saturated rings. The molecule has 1 N–H and O–H groups in total. The van der Waals surface area contributed by atoms with Gasteiger partial charge >= 0.3 is 7.82 Å². The van der Waals surface area contributed by atoms with E-state index in [-0.39, 0.29) is 0 Å². The Morgan fingerprint density at radius 2 is 2.07 bits per heavy atom. The second-order valence-electron chi connectivity index (χ2n) is 3.14. The SMILES string of the molecule is CC(Cc1ccccc1)OP(=O)(O)OCl. The van der Waals surface area contributed by atoms with Crippen molar-refractivity contribution in [3.63, 3.8) is 0 Å². The van der Waals surface area contributed by atoms with E-state index in [0.29, 0.717) is 6.42 Å². The summed E-state index contributed by atoms with van der Waals surface area (Å²) in [5.41, 5.74) is 1.01. The zero-order valence-electron chi connectivity index (χ0n) is 8.17. The molecular weight excluding hydrogens is 239 g/mol. The minimum atomic E-state index is -4.10. The standard InChI is InChI=1S/C9H12ClO4P/c1-8(13-15(11,12)14-10)7-9-5-3-2-4-6-9/h2-6,8H,7H2,1H3,(H,11,12). The Bertz CT molecular complexity index is 343. The molecule has 6 heteroatoms. The smallest absolute Gasteiger partial charge is 0.302 e. The van der Waals surface area contributed by atoms with E-state index >= 15 is 0 Å². The van der Waals surface area contributed by atoms with Crippen LogP contribution >= 0.6 is 19.7 Å². The van der Waals surface area contributed by atoms with Crippen molar-refractivity contribution in [2.75, 3.05) is 0 Å². The third kappa shape index (κ3) is 4.78. The second-order valence-corrected chi connectivity index (χ2v) is 4.84. The molecule has 2 atom stereocenters. The molecule has 1 aromatic carbocycles. The molecule has 1 aromatic rings. The zero-order chi connectivity index (χ0) is 11.3. The third-order valence-corrected chi connectivity index (χ3v) is 3.09. The summed E-state index contributed by atoms with van der Waals surface area (Å²) in [6, 6.07) is 9.48. The average molecular weight is 251 g/mol. The van der Waals surface area contributed by atoms with E-state index in [1.54, 1.807) is 6.92 Å². The summed E-state index contributed by atoms with van der Waals surface area (Å²) in [7, 11) is -4.10. The predicted molar refractivity (Wildman–Crippen MR) is 57.5 cm³/mol. The van der Waals surface area contributed by atoms with Gasteiger partial charge in [-0.25, -0.2) is 4.57 Å². The normalized spacial score (nSPS) is 17.0. The zero-order valence-corrected chi connectivity index (χ0v) is 9.82. The fraction of sp³-hybridized carbons (Fsp3) is 0.333.